The van der Waals surface area contributed by atoms with Crippen molar-refractivity contribution in [3.05, 3.63) is 28.8 Å². The molecule has 1 heterocycles. The topological polar surface area (TPSA) is 33.3 Å². The molecule has 0 saturated carbocycles. The number of aryl methyl sites for hydroxylation is 1. The summed E-state index contributed by atoms with van der Waals surface area (Å²) in [7, 11) is 0. The standard InChI is InChI=1S/C13H19ClN2O/c1-10-2-3-11(14)8-13(10)16-5-4-12-9-17-7-6-15-12/h2-3,8,12,15-16H,4-7,9H2,1H3. The maximum atomic E-state index is 5.97. The smallest absolute Gasteiger partial charge is 0.0620 e. The first-order valence-electron chi connectivity index (χ1n) is 6.07. The fourth-order valence-corrected chi connectivity index (χ4v) is 2.14. The maximum absolute atomic E-state index is 5.97. The summed E-state index contributed by atoms with van der Waals surface area (Å²) in [6.45, 7) is 5.62. The summed E-state index contributed by atoms with van der Waals surface area (Å²) in [4.78, 5) is 0. The molecule has 1 unspecified atom stereocenters. The van der Waals surface area contributed by atoms with Gasteiger partial charge in [0.05, 0.1) is 13.2 Å². The average Bonchev–Trinajstić information content (AvgIpc) is 2.35. The van der Waals surface area contributed by atoms with Crippen molar-refractivity contribution < 1.29 is 4.74 Å². The van der Waals surface area contributed by atoms with Gasteiger partial charge in [-0.2, -0.15) is 0 Å². The monoisotopic (exact) mass is 254 g/mol. The van der Waals surface area contributed by atoms with E-state index in [1.165, 1.54) is 5.56 Å². The Morgan fingerprint density at radius 1 is 1.53 bits per heavy atom. The zero-order chi connectivity index (χ0) is 12.1. The molecule has 0 bridgehead atoms. The van der Waals surface area contributed by atoms with Crippen molar-refractivity contribution in [3.63, 3.8) is 0 Å². The van der Waals surface area contributed by atoms with Crippen molar-refractivity contribution >= 4 is 17.3 Å². The first-order chi connectivity index (χ1) is 8.25. The number of ether oxygens (including phenoxy) is 1. The molecule has 2 N–H and O–H groups in total. The highest BCUT2D eigenvalue weighted by Gasteiger charge is 2.12. The van der Waals surface area contributed by atoms with Gasteiger partial charge in [-0.1, -0.05) is 17.7 Å². The highest BCUT2D eigenvalue weighted by molar-refractivity contribution is 6.30. The molecule has 0 spiro atoms. The Bertz CT molecular complexity index is 364. The number of benzene rings is 1. The minimum absolute atomic E-state index is 0.468. The summed E-state index contributed by atoms with van der Waals surface area (Å²) in [5.74, 6) is 0. The fourth-order valence-electron chi connectivity index (χ4n) is 1.97. The number of nitrogens with one attached hydrogen (secondary N) is 2. The molecule has 17 heavy (non-hydrogen) atoms. The highest BCUT2D eigenvalue weighted by Crippen LogP contribution is 2.20. The van der Waals surface area contributed by atoms with Crippen LogP contribution in [0.4, 0.5) is 5.69 Å². The van der Waals surface area contributed by atoms with Crippen LogP contribution in [0, 0.1) is 6.92 Å². The predicted octanol–water partition coefficient (Wildman–Crippen LogP) is 2.44. The van der Waals surface area contributed by atoms with Crippen molar-refractivity contribution in [2.24, 2.45) is 0 Å². The molecule has 4 heteroatoms. The molecule has 1 aliphatic heterocycles. The third kappa shape index (κ3) is 3.87. The van der Waals surface area contributed by atoms with E-state index >= 15 is 0 Å². The van der Waals surface area contributed by atoms with E-state index in [1.807, 2.05) is 18.2 Å². The first-order valence-corrected chi connectivity index (χ1v) is 6.44. The van der Waals surface area contributed by atoms with Crippen LogP contribution in [0.25, 0.3) is 0 Å². The summed E-state index contributed by atoms with van der Waals surface area (Å²) in [6, 6.07) is 6.39. The molecule has 1 atom stereocenters. The van der Waals surface area contributed by atoms with E-state index in [2.05, 4.69) is 17.6 Å². The van der Waals surface area contributed by atoms with Gasteiger partial charge in [0.1, 0.15) is 0 Å². The number of halogens is 1. The molecule has 1 aliphatic rings. The van der Waals surface area contributed by atoms with E-state index in [0.717, 1.165) is 43.4 Å². The summed E-state index contributed by atoms with van der Waals surface area (Å²) in [5.41, 5.74) is 2.34. The quantitative estimate of drug-likeness (QED) is 0.866. The van der Waals surface area contributed by atoms with Crippen molar-refractivity contribution in [2.75, 3.05) is 31.6 Å². The number of morpholine rings is 1. The van der Waals surface area contributed by atoms with Crippen LogP contribution in [0.1, 0.15) is 12.0 Å². The minimum atomic E-state index is 0.468. The number of hydrogen-bond acceptors (Lipinski definition) is 3. The number of rotatable bonds is 4. The summed E-state index contributed by atoms with van der Waals surface area (Å²) >= 11 is 5.97. The van der Waals surface area contributed by atoms with Crippen LogP contribution in [0.2, 0.25) is 5.02 Å². The lowest BCUT2D eigenvalue weighted by Crippen LogP contribution is -2.42. The van der Waals surface area contributed by atoms with Crippen LogP contribution >= 0.6 is 11.6 Å². The third-order valence-electron chi connectivity index (χ3n) is 3.01. The van der Waals surface area contributed by atoms with Crippen molar-refractivity contribution in [2.45, 2.75) is 19.4 Å². The zero-order valence-corrected chi connectivity index (χ0v) is 10.9. The molecule has 94 valence electrons. The van der Waals surface area contributed by atoms with E-state index in [0.29, 0.717) is 6.04 Å². The van der Waals surface area contributed by atoms with Crippen LogP contribution < -0.4 is 10.6 Å². The van der Waals surface area contributed by atoms with Gasteiger partial charge in [0.15, 0.2) is 0 Å². The first kappa shape index (κ1) is 12.7. The summed E-state index contributed by atoms with van der Waals surface area (Å²) in [5, 5.41) is 7.64. The van der Waals surface area contributed by atoms with Gasteiger partial charge < -0.3 is 15.4 Å². The summed E-state index contributed by atoms with van der Waals surface area (Å²) in [6.07, 6.45) is 1.06. The van der Waals surface area contributed by atoms with E-state index in [9.17, 15) is 0 Å². The summed E-state index contributed by atoms with van der Waals surface area (Å²) < 4.78 is 5.42. The Hall–Kier alpha value is -0.770. The van der Waals surface area contributed by atoms with E-state index in [4.69, 9.17) is 16.3 Å². The van der Waals surface area contributed by atoms with Gasteiger partial charge in [-0.25, -0.2) is 0 Å². The Kier molecular flexibility index (Phi) is 4.66. The normalized spacial score (nSPS) is 20.2. The van der Waals surface area contributed by atoms with E-state index in [1.54, 1.807) is 0 Å². The van der Waals surface area contributed by atoms with Crippen molar-refractivity contribution in [1.82, 2.24) is 5.32 Å². The lowest BCUT2D eigenvalue weighted by Gasteiger charge is -2.24. The maximum Gasteiger partial charge on any atom is 0.0620 e. The Morgan fingerprint density at radius 3 is 3.18 bits per heavy atom. The van der Waals surface area contributed by atoms with Gasteiger partial charge in [0.25, 0.3) is 0 Å². The number of anilines is 1. The van der Waals surface area contributed by atoms with Gasteiger partial charge in [-0.05, 0) is 31.0 Å². The molecular weight excluding hydrogens is 236 g/mol. The lowest BCUT2D eigenvalue weighted by atomic mass is 10.1. The van der Waals surface area contributed by atoms with Crippen molar-refractivity contribution in [3.8, 4) is 0 Å². The van der Waals surface area contributed by atoms with Gasteiger partial charge in [-0.15, -0.1) is 0 Å². The van der Waals surface area contributed by atoms with Gasteiger partial charge in [0, 0.05) is 29.8 Å². The van der Waals surface area contributed by atoms with Crippen LogP contribution in [0.15, 0.2) is 18.2 Å². The second-order valence-corrected chi connectivity index (χ2v) is 4.84. The largest absolute Gasteiger partial charge is 0.385 e. The van der Waals surface area contributed by atoms with Gasteiger partial charge in [-0.3, -0.25) is 0 Å². The second-order valence-electron chi connectivity index (χ2n) is 4.40. The molecule has 1 saturated heterocycles. The van der Waals surface area contributed by atoms with Crippen LogP contribution in [-0.2, 0) is 4.74 Å². The third-order valence-corrected chi connectivity index (χ3v) is 3.24. The van der Waals surface area contributed by atoms with Crippen LogP contribution in [0.5, 0.6) is 0 Å². The van der Waals surface area contributed by atoms with Gasteiger partial charge in [0.2, 0.25) is 0 Å². The molecule has 1 aromatic carbocycles. The molecule has 0 aromatic heterocycles. The SMILES string of the molecule is Cc1ccc(Cl)cc1NCCC1COCCN1. The van der Waals surface area contributed by atoms with E-state index in [-0.39, 0.29) is 0 Å². The van der Waals surface area contributed by atoms with Gasteiger partial charge >= 0.3 is 0 Å². The average molecular weight is 255 g/mol. The molecule has 0 radical (unpaired) electrons. The van der Waals surface area contributed by atoms with Crippen molar-refractivity contribution in [1.29, 1.82) is 0 Å². The molecule has 1 aromatic rings. The van der Waals surface area contributed by atoms with E-state index < -0.39 is 0 Å². The molecule has 1 fully saturated rings. The highest BCUT2D eigenvalue weighted by atomic mass is 35.5. The molecular formula is C13H19ClN2O. The zero-order valence-electron chi connectivity index (χ0n) is 10.1. The lowest BCUT2D eigenvalue weighted by molar-refractivity contribution is 0.0753. The molecule has 0 aliphatic carbocycles. The predicted molar refractivity (Wildman–Crippen MR) is 71.9 cm³/mol. The molecule has 0 amide bonds. The van der Waals surface area contributed by atoms with Crippen LogP contribution in [-0.4, -0.2) is 32.3 Å². The molecule has 2 rings (SSSR count). The van der Waals surface area contributed by atoms with Crippen LogP contribution in [0.3, 0.4) is 0 Å². The minimum Gasteiger partial charge on any atom is -0.385 e. The molecule has 3 nitrogen and oxygen atoms in total. The Balaban J connectivity index is 1.79. The Labute approximate surface area is 107 Å². The number of hydrogen-bond donors (Lipinski definition) is 2. The second kappa shape index (κ2) is 6.24. The Morgan fingerprint density at radius 2 is 2.41 bits per heavy atom. The fraction of sp³-hybridized carbons (Fsp3) is 0.538.